The van der Waals surface area contributed by atoms with Gasteiger partial charge in [0.2, 0.25) is 0 Å². The Kier molecular flexibility index (Phi) is 4.00. The smallest absolute Gasteiger partial charge is 0.0959 e. The average Bonchev–Trinajstić information content (AvgIpc) is 2.70. The Labute approximate surface area is 126 Å². The average molecular weight is 287 g/mol. The van der Waals surface area contributed by atoms with Gasteiger partial charge in [-0.05, 0) is 57.0 Å². The van der Waals surface area contributed by atoms with Gasteiger partial charge in [0.25, 0.3) is 0 Å². The van der Waals surface area contributed by atoms with Crippen LogP contribution in [0.3, 0.4) is 0 Å². The van der Waals surface area contributed by atoms with E-state index in [1.54, 1.807) is 0 Å². The lowest BCUT2D eigenvalue weighted by Gasteiger charge is -2.35. The van der Waals surface area contributed by atoms with Crippen LogP contribution in [-0.2, 0) is 6.54 Å². The molecule has 0 radical (unpaired) electrons. The standard InChI is InChI=1S/C17H25N3O/c1-12-7-16-17(8-13(12)2)20(11-18-16)10-15(21)9-19(3)14-5-4-6-14/h7-8,11,14-15,21H,4-6,9-10H2,1-3H3. The van der Waals surface area contributed by atoms with E-state index in [1.807, 2.05) is 6.33 Å². The molecule has 2 aromatic rings. The lowest BCUT2D eigenvalue weighted by molar-refractivity contribution is 0.0687. The van der Waals surface area contributed by atoms with E-state index in [-0.39, 0.29) is 6.10 Å². The minimum atomic E-state index is -0.352. The van der Waals surface area contributed by atoms with Gasteiger partial charge < -0.3 is 14.6 Å². The van der Waals surface area contributed by atoms with E-state index in [2.05, 4.69) is 47.5 Å². The van der Waals surface area contributed by atoms with Crippen molar-refractivity contribution >= 4 is 11.0 Å². The third kappa shape index (κ3) is 2.97. The maximum absolute atomic E-state index is 10.4. The predicted molar refractivity (Wildman–Crippen MR) is 85.5 cm³/mol. The minimum Gasteiger partial charge on any atom is -0.390 e. The Morgan fingerprint density at radius 2 is 2.05 bits per heavy atom. The number of rotatable bonds is 5. The molecule has 1 atom stereocenters. The summed E-state index contributed by atoms with van der Waals surface area (Å²) in [5.41, 5.74) is 4.66. The Balaban J connectivity index is 1.70. The fourth-order valence-corrected chi connectivity index (χ4v) is 3.05. The van der Waals surface area contributed by atoms with Crippen LogP contribution in [0.1, 0.15) is 30.4 Å². The quantitative estimate of drug-likeness (QED) is 0.918. The number of imidazole rings is 1. The van der Waals surface area contributed by atoms with Gasteiger partial charge in [0, 0.05) is 12.6 Å². The van der Waals surface area contributed by atoms with Crippen molar-refractivity contribution in [1.82, 2.24) is 14.5 Å². The Morgan fingerprint density at radius 3 is 2.71 bits per heavy atom. The van der Waals surface area contributed by atoms with Crippen LogP contribution >= 0.6 is 0 Å². The number of benzene rings is 1. The highest BCUT2D eigenvalue weighted by Crippen LogP contribution is 2.24. The minimum absolute atomic E-state index is 0.352. The molecule has 1 aromatic carbocycles. The van der Waals surface area contributed by atoms with Crippen molar-refractivity contribution in [2.45, 2.75) is 51.8 Å². The summed E-state index contributed by atoms with van der Waals surface area (Å²) in [5, 5.41) is 10.4. The number of aliphatic hydroxyl groups is 1. The van der Waals surface area contributed by atoms with Gasteiger partial charge in [-0.2, -0.15) is 0 Å². The van der Waals surface area contributed by atoms with E-state index in [1.165, 1.54) is 30.4 Å². The molecule has 0 aliphatic heterocycles. The molecule has 1 unspecified atom stereocenters. The summed E-state index contributed by atoms with van der Waals surface area (Å²) >= 11 is 0. The predicted octanol–water partition coefficient (Wildman–Crippen LogP) is 2.50. The Bertz CT molecular complexity index is 630. The first-order valence-corrected chi connectivity index (χ1v) is 7.85. The molecule has 1 aliphatic carbocycles. The molecule has 1 aromatic heterocycles. The van der Waals surface area contributed by atoms with Gasteiger partial charge >= 0.3 is 0 Å². The summed E-state index contributed by atoms with van der Waals surface area (Å²) in [6.45, 7) is 5.56. The molecule has 4 nitrogen and oxygen atoms in total. The van der Waals surface area contributed by atoms with E-state index in [0.29, 0.717) is 12.6 Å². The van der Waals surface area contributed by atoms with Crippen molar-refractivity contribution in [2.75, 3.05) is 13.6 Å². The normalized spacial score (nSPS) is 17.4. The summed E-state index contributed by atoms with van der Waals surface area (Å²) in [5.74, 6) is 0. The fraction of sp³-hybridized carbons (Fsp3) is 0.588. The summed E-state index contributed by atoms with van der Waals surface area (Å²) in [6.07, 6.45) is 5.37. The highest BCUT2D eigenvalue weighted by Gasteiger charge is 2.23. The molecule has 1 heterocycles. The second-order valence-electron chi connectivity index (χ2n) is 6.50. The molecule has 1 N–H and O–H groups in total. The molecule has 21 heavy (non-hydrogen) atoms. The number of aryl methyl sites for hydroxylation is 2. The van der Waals surface area contributed by atoms with Gasteiger partial charge in [0.15, 0.2) is 0 Å². The zero-order chi connectivity index (χ0) is 15.0. The number of aliphatic hydroxyl groups excluding tert-OH is 1. The SMILES string of the molecule is Cc1cc2ncn(CC(O)CN(C)C3CCC3)c2cc1C. The molecule has 1 saturated carbocycles. The number of hydrogen-bond acceptors (Lipinski definition) is 3. The van der Waals surface area contributed by atoms with Crippen LogP contribution in [-0.4, -0.2) is 45.3 Å². The first-order chi connectivity index (χ1) is 10.0. The molecule has 1 aliphatic rings. The number of aromatic nitrogens is 2. The van der Waals surface area contributed by atoms with Gasteiger partial charge in [-0.25, -0.2) is 4.98 Å². The van der Waals surface area contributed by atoms with Gasteiger partial charge in [-0.15, -0.1) is 0 Å². The first-order valence-electron chi connectivity index (χ1n) is 7.85. The molecular weight excluding hydrogens is 262 g/mol. The van der Waals surface area contributed by atoms with E-state index in [9.17, 15) is 5.11 Å². The monoisotopic (exact) mass is 287 g/mol. The van der Waals surface area contributed by atoms with Crippen LogP contribution in [0, 0.1) is 13.8 Å². The molecule has 0 saturated heterocycles. The van der Waals surface area contributed by atoms with Crippen LogP contribution in [0.2, 0.25) is 0 Å². The van der Waals surface area contributed by atoms with E-state index in [4.69, 9.17) is 0 Å². The number of nitrogens with zero attached hydrogens (tertiary/aromatic N) is 3. The van der Waals surface area contributed by atoms with Crippen LogP contribution < -0.4 is 0 Å². The zero-order valence-corrected chi connectivity index (χ0v) is 13.2. The fourth-order valence-electron chi connectivity index (χ4n) is 3.05. The summed E-state index contributed by atoms with van der Waals surface area (Å²) in [6, 6.07) is 4.96. The van der Waals surface area contributed by atoms with Gasteiger partial charge in [0.05, 0.1) is 30.0 Å². The van der Waals surface area contributed by atoms with Crippen molar-refractivity contribution in [3.63, 3.8) is 0 Å². The molecule has 3 rings (SSSR count). The van der Waals surface area contributed by atoms with Crippen molar-refractivity contribution in [2.24, 2.45) is 0 Å². The summed E-state index contributed by atoms with van der Waals surface area (Å²) in [7, 11) is 2.12. The molecule has 1 fully saturated rings. The maximum Gasteiger partial charge on any atom is 0.0959 e. The molecule has 0 amide bonds. The highest BCUT2D eigenvalue weighted by atomic mass is 16.3. The molecule has 114 valence electrons. The maximum atomic E-state index is 10.4. The summed E-state index contributed by atoms with van der Waals surface area (Å²) in [4.78, 5) is 6.75. The molecule has 4 heteroatoms. The highest BCUT2D eigenvalue weighted by molar-refractivity contribution is 5.77. The van der Waals surface area contributed by atoms with Gasteiger partial charge in [-0.1, -0.05) is 6.42 Å². The van der Waals surface area contributed by atoms with E-state index < -0.39 is 0 Å². The molecule has 0 bridgehead atoms. The zero-order valence-electron chi connectivity index (χ0n) is 13.2. The first kappa shape index (κ1) is 14.5. The second-order valence-corrected chi connectivity index (χ2v) is 6.50. The van der Waals surface area contributed by atoms with Crippen LogP contribution in [0.15, 0.2) is 18.5 Å². The third-order valence-corrected chi connectivity index (χ3v) is 4.84. The molecule has 0 spiro atoms. The third-order valence-electron chi connectivity index (χ3n) is 4.84. The van der Waals surface area contributed by atoms with Crippen LogP contribution in [0.25, 0.3) is 11.0 Å². The van der Waals surface area contributed by atoms with Gasteiger partial charge in [0.1, 0.15) is 0 Å². The number of hydrogen-bond donors (Lipinski definition) is 1. The van der Waals surface area contributed by atoms with Crippen LogP contribution in [0.5, 0.6) is 0 Å². The van der Waals surface area contributed by atoms with Crippen molar-refractivity contribution in [3.05, 3.63) is 29.6 Å². The van der Waals surface area contributed by atoms with E-state index in [0.717, 1.165) is 17.6 Å². The lowest BCUT2D eigenvalue weighted by atomic mass is 9.92. The van der Waals surface area contributed by atoms with E-state index >= 15 is 0 Å². The van der Waals surface area contributed by atoms with Crippen LogP contribution in [0.4, 0.5) is 0 Å². The molecular formula is C17H25N3O. The van der Waals surface area contributed by atoms with Crippen molar-refractivity contribution < 1.29 is 5.11 Å². The Morgan fingerprint density at radius 1 is 1.33 bits per heavy atom. The number of fused-ring (bicyclic) bond motifs is 1. The van der Waals surface area contributed by atoms with Crippen molar-refractivity contribution in [3.8, 4) is 0 Å². The second kappa shape index (κ2) is 5.78. The summed E-state index contributed by atoms with van der Waals surface area (Å²) < 4.78 is 2.07. The lowest BCUT2D eigenvalue weighted by Crippen LogP contribution is -2.42. The topological polar surface area (TPSA) is 41.3 Å². The largest absolute Gasteiger partial charge is 0.390 e. The number of likely N-dealkylation sites (N-methyl/N-ethyl adjacent to an activating group) is 1. The van der Waals surface area contributed by atoms with Crippen molar-refractivity contribution in [1.29, 1.82) is 0 Å². The van der Waals surface area contributed by atoms with Gasteiger partial charge in [-0.3, -0.25) is 0 Å². The Hall–Kier alpha value is -1.39.